The first-order valence-corrected chi connectivity index (χ1v) is 7.97. The minimum absolute atomic E-state index is 0.238. The van der Waals surface area contributed by atoms with Gasteiger partial charge in [0.25, 0.3) is 0 Å². The topological polar surface area (TPSA) is 42.2 Å². The smallest absolute Gasteiger partial charge is 0.240 e. The van der Waals surface area contributed by atoms with Crippen LogP contribution >= 0.6 is 0 Å². The summed E-state index contributed by atoms with van der Waals surface area (Å²) in [4.78, 5) is 6.73. The molecule has 0 atom stereocenters. The van der Waals surface area contributed by atoms with Crippen LogP contribution < -0.4 is 0 Å². The second kappa shape index (κ2) is 7.01. The van der Waals surface area contributed by atoms with Gasteiger partial charge in [0.1, 0.15) is 5.82 Å². The highest BCUT2D eigenvalue weighted by molar-refractivity contribution is 5.19. The Hall–Kier alpha value is -1.75. The Morgan fingerprint density at radius 1 is 1.27 bits per heavy atom. The Kier molecular flexibility index (Phi) is 4.83. The molecule has 4 nitrogen and oxygen atoms in total. The number of aromatic nitrogens is 2. The molecule has 0 amide bonds. The third-order valence-corrected chi connectivity index (χ3v) is 4.34. The van der Waals surface area contributed by atoms with Gasteiger partial charge in [-0.2, -0.15) is 4.98 Å². The van der Waals surface area contributed by atoms with Crippen LogP contribution in [-0.4, -0.2) is 28.1 Å². The van der Waals surface area contributed by atoms with E-state index >= 15 is 0 Å². The summed E-state index contributed by atoms with van der Waals surface area (Å²) in [5, 5.41) is 4.00. The van der Waals surface area contributed by atoms with Crippen molar-refractivity contribution in [3.63, 3.8) is 0 Å². The Labute approximate surface area is 130 Å². The lowest BCUT2D eigenvalue weighted by Crippen LogP contribution is -2.32. The van der Waals surface area contributed by atoms with Gasteiger partial charge in [0.2, 0.25) is 5.89 Å². The number of benzene rings is 1. The van der Waals surface area contributed by atoms with Crippen LogP contribution in [0.2, 0.25) is 0 Å². The number of halogens is 1. The minimum atomic E-state index is -0.238. The summed E-state index contributed by atoms with van der Waals surface area (Å²) in [5.74, 6) is 1.01. The Morgan fingerprint density at radius 2 is 2.09 bits per heavy atom. The fourth-order valence-electron chi connectivity index (χ4n) is 3.12. The summed E-state index contributed by atoms with van der Waals surface area (Å²) in [5.41, 5.74) is 0.855. The molecule has 5 heteroatoms. The molecule has 0 spiro atoms. The summed E-state index contributed by atoms with van der Waals surface area (Å²) in [6.45, 7) is 0.681. The fourth-order valence-corrected chi connectivity index (χ4v) is 3.12. The van der Waals surface area contributed by atoms with Crippen LogP contribution in [0.1, 0.15) is 49.4 Å². The number of rotatable bonds is 5. The van der Waals surface area contributed by atoms with Gasteiger partial charge in [0.15, 0.2) is 5.82 Å². The molecule has 1 heterocycles. The lowest BCUT2D eigenvalue weighted by molar-refractivity contribution is 0.165. The van der Waals surface area contributed by atoms with Crippen LogP contribution in [0, 0.1) is 5.82 Å². The molecule has 0 saturated heterocycles. The van der Waals surface area contributed by atoms with Crippen LogP contribution in [0.5, 0.6) is 0 Å². The molecule has 2 aromatic rings. The standard InChI is InChI=1S/C17H22FN3O/c1-21(15-8-3-2-4-9-15)12-17-19-16(20-22-17)11-13-6-5-7-14(18)10-13/h5-7,10,15H,2-4,8-9,11-12H2,1H3. The third-order valence-electron chi connectivity index (χ3n) is 4.34. The van der Waals surface area contributed by atoms with Crippen LogP contribution in [-0.2, 0) is 13.0 Å². The van der Waals surface area contributed by atoms with E-state index in [1.165, 1.54) is 44.2 Å². The van der Waals surface area contributed by atoms with Crippen molar-refractivity contribution < 1.29 is 8.91 Å². The molecule has 118 valence electrons. The summed E-state index contributed by atoms with van der Waals surface area (Å²) in [6, 6.07) is 7.12. The molecule has 1 aromatic carbocycles. The van der Waals surface area contributed by atoms with Crippen molar-refractivity contribution >= 4 is 0 Å². The predicted octanol–water partition coefficient (Wildman–Crippen LogP) is 3.56. The van der Waals surface area contributed by atoms with Gasteiger partial charge in [-0.15, -0.1) is 0 Å². The van der Waals surface area contributed by atoms with Crippen LogP contribution in [0.4, 0.5) is 4.39 Å². The minimum Gasteiger partial charge on any atom is -0.338 e. The van der Waals surface area contributed by atoms with E-state index in [9.17, 15) is 4.39 Å². The lowest BCUT2D eigenvalue weighted by atomic mass is 9.94. The first-order valence-electron chi connectivity index (χ1n) is 7.97. The molecule has 0 unspecified atom stereocenters. The van der Waals surface area contributed by atoms with Gasteiger partial charge in [-0.1, -0.05) is 36.6 Å². The lowest BCUT2D eigenvalue weighted by Gasteiger charge is -2.29. The molecule has 1 aromatic heterocycles. The third kappa shape index (κ3) is 3.91. The van der Waals surface area contributed by atoms with Gasteiger partial charge >= 0.3 is 0 Å². The van der Waals surface area contributed by atoms with Crippen molar-refractivity contribution in [2.24, 2.45) is 0 Å². The predicted molar refractivity (Wildman–Crippen MR) is 81.8 cm³/mol. The van der Waals surface area contributed by atoms with Gasteiger partial charge in [0, 0.05) is 12.5 Å². The fraction of sp³-hybridized carbons (Fsp3) is 0.529. The SMILES string of the molecule is CN(Cc1nc(Cc2cccc(F)c2)no1)C1CCCCC1. The van der Waals surface area contributed by atoms with E-state index in [4.69, 9.17) is 4.52 Å². The summed E-state index contributed by atoms with van der Waals surface area (Å²) >= 11 is 0. The maximum Gasteiger partial charge on any atom is 0.240 e. The van der Waals surface area contributed by atoms with Crippen molar-refractivity contribution in [3.05, 3.63) is 47.4 Å². The Bertz CT molecular complexity index is 607. The number of nitrogens with zero attached hydrogens (tertiary/aromatic N) is 3. The van der Waals surface area contributed by atoms with Crippen molar-refractivity contribution in [3.8, 4) is 0 Å². The summed E-state index contributed by atoms with van der Waals surface area (Å²) in [7, 11) is 2.12. The quantitative estimate of drug-likeness (QED) is 0.847. The van der Waals surface area contributed by atoms with Gasteiger partial charge < -0.3 is 4.52 Å². The van der Waals surface area contributed by atoms with Crippen molar-refractivity contribution in [2.45, 2.75) is 51.1 Å². The maximum atomic E-state index is 13.2. The molecule has 3 rings (SSSR count). The highest BCUT2D eigenvalue weighted by atomic mass is 19.1. The van der Waals surface area contributed by atoms with Gasteiger partial charge in [-0.05, 0) is 37.6 Å². The normalized spacial score (nSPS) is 16.3. The average molecular weight is 303 g/mol. The van der Waals surface area contributed by atoms with E-state index in [2.05, 4.69) is 22.1 Å². The van der Waals surface area contributed by atoms with Crippen LogP contribution in [0.3, 0.4) is 0 Å². The summed E-state index contributed by atoms with van der Waals surface area (Å²) < 4.78 is 18.5. The van der Waals surface area contributed by atoms with Gasteiger partial charge in [-0.3, -0.25) is 4.90 Å². The van der Waals surface area contributed by atoms with E-state index in [0.29, 0.717) is 30.7 Å². The molecule has 1 saturated carbocycles. The van der Waals surface area contributed by atoms with Crippen molar-refractivity contribution in [1.29, 1.82) is 0 Å². The highest BCUT2D eigenvalue weighted by Gasteiger charge is 2.20. The van der Waals surface area contributed by atoms with Crippen molar-refractivity contribution in [1.82, 2.24) is 15.0 Å². The van der Waals surface area contributed by atoms with E-state index in [0.717, 1.165) is 5.56 Å². The zero-order valence-electron chi connectivity index (χ0n) is 13.0. The number of hydrogen-bond acceptors (Lipinski definition) is 4. The van der Waals surface area contributed by atoms with E-state index in [1.54, 1.807) is 6.07 Å². The highest BCUT2D eigenvalue weighted by Crippen LogP contribution is 2.22. The largest absolute Gasteiger partial charge is 0.338 e. The molecule has 22 heavy (non-hydrogen) atoms. The van der Waals surface area contributed by atoms with Crippen molar-refractivity contribution in [2.75, 3.05) is 7.05 Å². The Balaban J connectivity index is 1.58. The van der Waals surface area contributed by atoms with Gasteiger partial charge in [-0.25, -0.2) is 4.39 Å². The number of hydrogen-bond donors (Lipinski definition) is 0. The molecular formula is C17H22FN3O. The van der Waals surface area contributed by atoms with E-state index in [1.807, 2.05) is 6.07 Å². The van der Waals surface area contributed by atoms with Gasteiger partial charge in [0.05, 0.1) is 6.54 Å². The molecule has 0 radical (unpaired) electrons. The molecule has 0 aliphatic heterocycles. The second-order valence-corrected chi connectivity index (χ2v) is 6.12. The van der Waals surface area contributed by atoms with Crippen LogP contribution in [0.15, 0.2) is 28.8 Å². The van der Waals surface area contributed by atoms with Crippen LogP contribution in [0.25, 0.3) is 0 Å². The molecule has 1 fully saturated rings. The maximum absolute atomic E-state index is 13.2. The molecule has 1 aliphatic rings. The monoisotopic (exact) mass is 303 g/mol. The zero-order chi connectivity index (χ0) is 15.4. The first kappa shape index (κ1) is 15.2. The molecular weight excluding hydrogens is 281 g/mol. The van der Waals surface area contributed by atoms with E-state index < -0.39 is 0 Å². The molecule has 0 bridgehead atoms. The first-order chi connectivity index (χ1) is 10.7. The van der Waals surface area contributed by atoms with E-state index in [-0.39, 0.29) is 5.82 Å². The second-order valence-electron chi connectivity index (χ2n) is 6.12. The average Bonchev–Trinajstić information content (AvgIpc) is 2.95. The Morgan fingerprint density at radius 3 is 2.86 bits per heavy atom. The molecule has 0 N–H and O–H groups in total. The zero-order valence-corrected chi connectivity index (χ0v) is 13.0. The molecule has 1 aliphatic carbocycles. The summed E-state index contributed by atoms with van der Waals surface area (Å²) in [6.07, 6.45) is 6.96.